The van der Waals surface area contributed by atoms with Crippen molar-refractivity contribution in [2.45, 2.75) is 18.8 Å². The Bertz CT molecular complexity index is 1350. The first kappa shape index (κ1) is 19.2. The number of hydrogen-bond donors (Lipinski definition) is 1. The van der Waals surface area contributed by atoms with Gasteiger partial charge in [-0.2, -0.15) is 0 Å². The fourth-order valence-electron chi connectivity index (χ4n) is 3.96. The summed E-state index contributed by atoms with van der Waals surface area (Å²) < 4.78 is 7.14. The molecule has 30 heavy (non-hydrogen) atoms. The molecule has 5 rings (SSSR count). The molecule has 0 atom stereocenters. The highest BCUT2D eigenvalue weighted by Gasteiger charge is 2.22. The SMILES string of the molecule is O=c1[nH]c2cc(-c3ccccc3Cl)sc2c(=O)n1-c1cnccc1C1CCOCC1. The van der Waals surface area contributed by atoms with Crippen LogP contribution in [0.15, 0.2) is 58.4 Å². The predicted octanol–water partition coefficient (Wildman–Crippen LogP) is 4.35. The Balaban J connectivity index is 1.69. The van der Waals surface area contributed by atoms with Crippen molar-refractivity contribution in [2.75, 3.05) is 13.2 Å². The van der Waals surface area contributed by atoms with Gasteiger partial charge in [-0.15, -0.1) is 11.3 Å². The number of rotatable bonds is 3. The molecule has 1 saturated heterocycles. The molecule has 1 fully saturated rings. The van der Waals surface area contributed by atoms with Gasteiger partial charge in [0.2, 0.25) is 0 Å². The molecule has 0 amide bonds. The van der Waals surface area contributed by atoms with E-state index in [9.17, 15) is 9.59 Å². The number of hydrogen-bond acceptors (Lipinski definition) is 5. The van der Waals surface area contributed by atoms with Gasteiger partial charge in [0.25, 0.3) is 5.56 Å². The zero-order valence-corrected chi connectivity index (χ0v) is 17.5. The summed E-state index contributed by atoms with van der Waals surface area (Å²) in [7, 11) is 0. The summed E-state index contributed by atoms with van der Waals surface area (Å²) in [5.41, 5.74) is 2.00. The van der Waals surface area contributed by atoms with Gasteiger partial charge in [-0.1, -0.05) is 29.8 Å². The highest BCUT2D eigenvalue weighted by molar-refractivity contribution is 7.22. The van der Waals surface area contributed by atoms with Crippen LogP contribution in [0.5, 0.6) is 0 Å². The number of ether oxygens (including phenoxy) is 1. The van der Waals surface area contributed by atoms with Crippen LogP contribution >= 0.6 is 22.9 Å². The van der Waals surface area contributed by atoms with Crippen LogP contribution in [0.2, 0.25) is 5.02 Å². The van der Waals surface area contributed by atoms with E-state index < -0.39 is 5.69 Å². The standard InChI is InChI=1S/C22H18ClN3O3S/c23-16-4-2-1-3-15(16)19-11-17-20(30-19)21(27)26(22(28)25-17)18-12-24-8-5-14(18)13-6-9-29-10-7-13/h1-5,8,11-13H,6-7,9-10H2,(H,25,28). The van der Waals surface area contributed by atoms with E-state index in [1.165, 1.54) is 15.9 Å². The van der Waals surface area contributed by atoms with E-state index in [0.29, 0.717) is 34.1 Å². The average Bonchev–Trinajstić information content (AvgIpc) is 3.19. The van der Waals surface area contributed by atoms with E-state index in [-0.39, 0.29) is 11.5 Å². The molecule has 0 aliphatic carbocycles. The molecule has 1 N–H and O–H groups in total. The average molecular weight is 440 g/mol. The molecule has 8 heteroatoms. The van der Waals surface area contributed by atoms with Crippen molar-refractivity contribution >= 4 is 33.2 Å². The van der Waals surface area contributed by atoms with E-state index in [1.807, 2.05) is 24.3 Å². The fraction of sp³-hybridized carbons (Fsp3) is 0.227. The van der Waals surface area contributed by atoms with Crippen molar-refractivity contribution in [1.82, 2.24) is 14.5 Å². The zero-order valence-electron chi connectivity index (χ0n) is 15.9. The Morgan fingerprint density at radius 2 is 1.97 bits per heavy atom. The molecule has 6 nitrogen and oxygen atoms in total. The minimum absolute atomic E-state index is 0.223. The van der Waals surface area contributed by atoms with E-state index in [0.717, 1.165) is 28.8 Å². The fourth-order valence-corrected chi connectivity index (χ4v) is 5.33. The molecule has 3 aromatic heterocycles. The molecular formula is C22H18ClN3O3S. The Labute approximate surface area is 180 Å². The summed E-state index contributed by atoms with van der Waals surface area (Å²) >= 11 is 7.65. The number of halogens is 1. The van der Waals surface area contributed by atoms with Gasteiger partial charge in [0.05, 0.1) is 17.4 Å². The van der Waals surface area contributed by atoms with Crippen LogP contribution in [0.25, 0.3) is 26.3 Å². The van der Waals surface area contributed by atoms with Crippen molar-refractivity contribution in [1.29, 1.82) is 0 Å². The Morgan fingerprint density at radius 3 is 2.77 bits per heavy atom. The normalized spacial score (nSPS) is 15.0. The summed E-state index contributed by atoms with van der Waals surface area (Å²) in [6, 6.07) is 11.1. The number of benzene rings is 1. The predicted molar refractivity (Wildman–Crippen MR) is 119 cm³/mol. The maximum atomic E-state index is 13.4. The molecule has 4 aromatic rings. The second-order valence-electron chi connectivity index (χ2n) is 7.23. The largest absolute Gasteiger partial charge is 0.381 e. The topological polar surface area (TPSA) is 77.0 Å². The third-order valence-electron chi connectivity index (χ3n) is 5.45. The second-order valence-corrected chi connectivity index (χ2v) is 8.68. The van der Waals surface area contributed by atoms with Gasteiger partial charge < -0.3 is 9.72 Å². The van der Waals surface area contributed by atoms with Gasteiger partial charge in [0.1, 0.15) is 4.70 Å². The van der Waals surface area contributed by atoms with Gasteiger partial charge in [-0.05, 0) is 42.5 Å². The molecule has 1 aliphatic heterocycles. The summed E-state index contributed by atoms with van der Waals surface area (Å²) in [6.45, 7) is 1.34. The third-order valence-corrected chi connectivity index (χ3v) is 6.93. The van der Waals surface area contributed by atoms with E-state index in [4.69, 9.17) is 16.3 Å². The number of pyridine rings is 1. The first-order valence-corrected chi connectivity index (χ1v) is 10.9. The minimum Gasteiger partial charge on any atom is -0.381 e. The Kier molecular flexibility index (Phi) is 5.02. The number of thiophene rings is 1. The summed E-state index contributed by atoms with van der Waals surface area (Å²) in [4.78, 5) is 34.2. The van der Waals surface area contributed by atoms with Gasteiger partial charge >= 0.3 is 5.69 Å². The first-order valence-electron chi connectivity index (χ1n) is 9.69. The zero-order chi connectivity index (χ0) is 20.7. The molecule has 0 bridgehead atoms. The molecule has 0 unspecified atom stereocenters. The molecule has 4 heterocycles. The Hall–Kier alpha value is -2.74. The summed E-state index contributed by atoms with van der Waals surface area (Å²) in [5, 5.41) is 0.598. The van der Waals surface area contributed by atoms with E-state index >= 15 is 0 Å². The molecule has 0 radical (unpaired) electrons. The van der Waals surface area contributed by atoms with E-state index in [2.05, 4.69) is 9.97 Å². The van der Waals surface area contributed by atoms with Crippen molar-refractivity contribution < 1.29 is 4.74 Å². The third kappa shape index (κ3) is 3.29. The highest BCUT2D eigenvalue weighted by atomic mass is 35.5. The molecule has 152 valence electrons. The summed E-state index contributed by atoms with van der Waals surface area (Å²) in [6.07, 6.45) is 4.99. The van der Waals surface area contributed by atoms with Crippen LogP contribution < -0.4 is 11.2 Å². The lowest BCUT2D eigenvalue weighted by Gasteiger charge is -2.24. The number of aromatic nitrogens is 3. The molecular weight excluding hydrogens is 422 g/mol. The summed E-state index contributed by atoms with van der Waals surface area (Å²) in [5.74, 6) is 0.223. The maximum absolute atomic E-state index is 13.4. The lowest BCUT2D eigenvalue weighted by molar-refractivity contribution is 0.0853. The monoisotopic (exact) mass is 439 g/mol. The lowest BCUT2D eigenvalue weighted by Crippen LogP contribution is -2.34. The Morgan fingerprint density at radius 1 is 1.17 bits per heavy atom. The maximum Gasteiger partial charge on any atom is 0.333 e. The van der Waals surface area contributed by atoms with Crippen molar-refractivity contribution in [2.24, 2.45) is 0 Å². The van der Waals surface area contributed by atoms with Gasteiger partial charge in [0.15, 0.2) is 0 Å². The number of H-pyrrole nitrogens is 1. The van der Waals surface area contributed by atoms with Crippen LogP contribution in [0, 0.1) is 0 Å². The molecule has 1 aromatic carbocycles. The van der Waals surface area contributed by atoms with Crippen LogP contribution in [0.3, 0.4) is 0 Å². The van der Waals surface area contributed by atoms with Crippen molar-refractivity contribution in [3.63, 3.8) is 0 Å². The minimum atomic E-state index is -0.475. The van der Waals surface area contributed by atoms with Gasteiger partial charge in [-0.25, -0.2) is 9.36 Å². The molecule has 1 aliphatic rings. The van der Waals surface area contributed by atoms with Crippen LogP contribution in [-0.2, 0) is 4.74 Å². The quantitative estimate of drug-likeness (QED) is 0.514. The second kappa shape index (κ2) is 7.83. The van der Waals surface area contributed by atoms with Gasteiger partial charge in [0, 0.05) is 34.9 Å². The van der Waals surface area contributed by atoms with Gasteiger partial charge in [-0.3, -0.25) is 9.78 Å². The lowest BCUT2D eigenvalue weighted by atomic mass is 9.91. The van der Waals surface area contributed by atoms with Crippen LogP contribution in [-0.4, -0.2) is 27.7 Å². The van der Waals surface area contributed by atoms with Crippen LogP contribution in [0.1, 0.15) is 24.3 Å². The molecule has 0 spiro atoms. The smallest absolute Gasteiger partial charge is 0.333 e. The number of fused-ring (bicyclic) bond motifs is 1. The first-order chi connectivity index (χ1) is 14.6. The number of nitrogens with one attached hydrogen (secondary N) is 1. The number of aromatic amines is 1. The molecule has 0 saturated carbocycles. The van der Waals surface area contributed by atoms with Crippen molar-refractivity contribution in [3.05, 3.63) is 80.2 Å². The van der Waals surface area contributed by atoms with Crippen LogP contribution in [0.4, 0.5) is 0 Å². The number of nitrogens with zero attached hydrogens (tertiary/aromatic N) is 2. The highest BCUT2D eigenvalue weighted by Crippen LogP contribution is 2.35. The van der Waals surface area contributed by atoms with E-state index in [1.54, 1.807) is 24.5 Å². The van der Waals surface area contributed by atoms with Crippen molar-refractivity contribution in [3.8, 4) is 16.1 Å².